The van der Waals surface area contributed by atoms with Crippen LogP contribution >= 0.6 is 0 Å². The first kappa shape index (κ1) is 40.4. The molecule has 0 radical (unpaired) electrons. The van der Waals surface area contributed by atoms with Gasteiger partial charge in [0.2, 0.25) is 21.8 Å². The third-order valence-corrected chi connectivity index (χ3v) is 14.1. The van der Waals surface area contributed by atoms with E-state index in [1.807, 2.05) is 32.0 Å². The van der Waals surface area contributed by atoms with Crippen molar-refractivity contribution in [2.75, 3.05) is 13.7 Å². The lowest BCUT2D eigenvalue weighted by molar-refractivity contribution is -0.141. The number of pyridine rings is 1. The van der Waals surface area contributed by atoms with E-state index in [0.29, 0.717) is 51.9 Å². The van der Waals surface area contributed by atoms with Crippen LogP contribution in [0.15, 0.2) is 47.4 Å². The molecular formula is C43H51N5O10S. The molecule has 2 aromatic heterocycles. The van der Waals surface area contributed by atoms with Gasteiger partial charge in [0, 0.05) is 29.2 Å². The van der Waals surface area contributed by atoms with Crippen molar-refractivity contribution in [2.45, 2.75) is 114 Å². The summed E-state index contributed by atoms with van der Waals surface area (Å²) in [6.45, 7) is 11.3. The highest BCUT2D eigenvalue weighted by molar-refractivity contribution is 7.91. The number of hydrogen-bond acceptors (Lipinski definition) is 11. The van der Waals surface area contributed by atoms with Gasteiger partial charge in [0.25, 0.3) is 5.91 Å². The summed E-state index contributed by atoms with van der Waals surface area (Å²) in [6.07, 6.45) is 4.20. The number of ether oxygens (including phenoxy) is 3. The standard InChI is InChI=1S/C43H51N5O10S/c1-7-25-20-43(25,41(51)47-59(53,54)29-13-14-29)46-39(49)33-19-28(21-48(33)40(50)35(22(2)3)45-42(52)57-26-10-8-9-11-26)56-37-30-15-12-27(55-6)18-32(30)44-36-31-16-23(4)24(5)17-34(31)58-38(36)37/h7,12,15-18,22,25-26,28-29,33,35H,1,8-11,13-14,19-21H2,2-6H3,(H,45,52)(H,46,49)(H,47,51)/t25?,28-,33+,35+,43?/m1/s1. The predicted octanol–water partition coefficient (Wildman–Crippen LogP) is 5.47. The van der Waals surface area contributed by atoms with Crippen molar-refractivity contribution in [1.29, 1.82) is 0 Å². The normalized spacial score (nSPS) is 23.7. The van der Waals surface area contributed by atoms with Crippen molar-refractivity contribution >= 4 is 66.8 Å². The fourth-order valence-corrected chi connectivity index (χ4v) is 9.82. The minimum atomic E-state index is -3.92. The van der Waals surface area contributed by atoms with Gasteiger partial charge in [-0.2, -0.15) is 0 Å². The van der Waals surface area contributed by atoms with Crippen LogP contribution in [0.4, 0.5) is 4.79 Å². The summed E-state index contributed by atoms with van der Waals surface area (Å²) in [5, 5.41) is 6.35. The Kier molecular flexibility index (Phi) is 10.5. The number of methoxy groups -OCH3 is 1. The van der Waals surface area contributed by atoms with Gasteiger partial charge < -0.3 is 34.2 Å². The number of amides is 4. The zero-order valence-electron chi connectivity index (χ0n) is 34.0. The zero-order chi connectivity index (χ0) is 42.0. The summed E-state index contributed by atoms with van der Waals surface area (Å²) in [7, 11) is -2.36. The van der Waals surface area contributed by atoms with Crippen LogP contribution in [0.3, 0.4) is 0 Å². The fraction of sp³-hybridized carbons (Fsp3) is 0.512. The van der Waals surface area contributed by atoms with Gasteiger partial charge in [-0.3, -0.25) is 19.1 Å². The van der Waals surface area contributed by atoms with E-state index in [0.717, 1.165) is 42.2 Å². The van der Waals surface area contributed by atoms with Gasteiger partial charge in [0.05, 0.1) is 24.4 Å². The average Bonchev–Trinajstić information content (AvgIpc) is 4.03. The monoisotopic (exact) mass is 829 g/mol. The van der Waals surface area contributed by atoms with E-state index >= 15 is 0 Å². The van der Waals surface area contributed by atoms with Crippen LogP contribution in [0.1, 0.15) is 76.3 Å². The maximum atomic E-state index is 14.7. The lowest BCUT2D eigenvalue weighted by Crippen LogP contribution is -2.59. The van der Waals surface area contributed by atoms with Crippen LogP contribution in [-0.2, 0) is 29.1 Å². The molecule has 1 saturated heterocycles. The zero-order valence-corrected chi connectivity index (χ0v) is 34.8. The van der Waals surface area contributed by atoms with Crippen molar-refractivity contribution in [3.05, 3.63) is 54.1 Å². The Morgan fingerprint density at radius 1 is 1.02 bits per heavy atom. The minimum Gasteiger partial charge on any atom is -0.497 e. The molecule has 4 fully saturated rings. The number of rotatable bonds is 13. The Bertz CT molecular complexity index is 2490. The molecule has 3 aliphatic carbocycles. The van der Waals surface area contributed by atoms with Crippen LogP contribution < -0.4 is 24.8 Å². The summed E-state index contributed by atoms with van der Waals surface area (Å²) in [4.78, 5) is 62.3. The molecule has 3 N–H and O–H groups in total. The second-order valence-electron chi connectivity index (χ2n) is 16.9. The van der Waals surface area contributed by atoms with Crippen molar-refractivity contribution in [3.63, 3.8) is 0 Å². The number of nitrogens with one attached hydrogen (secondary N) is 3. The van der Waals surface area contributed by atoms with E-state index in [9.17, 15) is 27.6 Å². The van der Waals surface area contributed by atoms with Gasteiger partial charge in [0.15, 0.2) is 11.3 Å². The molecule has 0 bridgehead atoms. The first-order chi connectivity index (χ1) is 28.1. The summed E-state index contributed by atoms with van der Waals surface area (Å²) in [5.74, 6) is -2.04. The Hall–Kier alpha value is -5.38. The van der Waals surface area contributed by atoms with Gasteiger partial charge in [-0.15, -0.1) is 6.58 Å². The van der Waals surface area contributed by atoms with E-state index in [1.165, 1.54) is 11.0 Å². The van der Waals surface area contributed by atoms with Gasteiger partial charge in [-0.05, 0) is 100 Å². The number of aryl methyl sites for hydroxylation is 2. The summed E-state index contributed by atoms with van der Waals surface area (Å²) >= 11 is 0. The van der Waals surface area contributed by atoms with Gasteiger partial charge in [-0.25, -0.2) is 18.2 Å². The molecule has 8 rings (SSSR count). The predicted molar refractivity (Wildman–Crippen MR) is 219 cm³/mol. The topological polar surface area (TPSA) is 195 Å². The highest BCUT2D eigenvalue weighted by atomic mass is 32.2. The molecule has 5 atom stereocenters. The van der Waals surface area contributed by atoms with E-state index in [1.54, 1.807) is 33.1 Å². The van der Waals surface area contributed by atoms with E-state index < -0.39 is 74.7 Å². The molecule has 2 aromatic carbocycles. The molecular weight excluding hydrogens is 779 g/mol. The Labute approximate surface area is 342 Å². The van der Waals surface area contributed by atoms with Crippen molar-refractivity contribution in [3.8, 4) is 11.5 Å². The second-order valence-corrected chi connectivity index (χ2v) is 18.8. The van der Waals surface area contributed by atoms with Crippen LogP contribution in [0.5, 0.6) is 11.5 Å². The van der Waals surface area contributed by atoms with E-state index in [-0.39, 0.29) is 25.5 Å². The van der Waals surface area contributed by atoms with Gasteiger partial charge in [0.1, 0.15) is 46.7 Å². The van der Waals surface area contributed by atoms with Crippen LogP contribution in [0.2, 0.25) is 0 Å². The molecule has 1 aliphatic heterocycles. The number of furan rings is 1. The number of hydrogen-bond donors (Lipinski definition) is 3. The minimum absolute atomic E-state index is 0.00829. The van der Waals surface area contributed by atoms with Gasteiger partial charge in [-0.1, -0.05) is 19.9 Å². The first-order valence-corrected chi connectivity index (χ1v) is 21.9. The fourth-order valence-electron chi connectivity index (χ4n) is 8.46. The highest BCUT2D eigenvalue weighted by Crippen LogP contribution is 2.46. The highest BCUT2D eigenvalue weighted by Gasteiger charge is 2.62. The number of nitrogens with zero attached hydrogens (tertiary/aromatic N) is 2. The molecule has 0 spiro atoms. The smallest absolute Gasteiger partial charge is 0.408 e. The van der Waals surface area contributed by atoms with E-state index in [2.05, 4.69) is 21.9 Å². The number of sulfonamides is 1. The molecule has 4 amide bonds. The van der Waals surface area contributed by atoms with Crippen molar-refractivity contribution in [1.82, 2.24) is 25.2 Å². The number of aromatic nitrogens is 1. The number of likely N-dealkylation sites (tertiary alicyclic amines) is 1. The number of carbonyl (C=O) groups excluding carboxylic acids is 4. The Balaban J connectivity index is 1.14. The first-order valence-electron chi connectivity index (χ1n) is 20.4. The Morgan fingerprint density at radius 2 is 1.75 bits per heavy atom. The molecule has 59 heavy (non-hydrogen) atoms. The lowest BCUT2D eigenvalue weighted by Gasteiger charge is -2.31. The Morgan fingerprint density at radius 3 is 2.41 bits per heavy atom. The van der Waals surface area contributed by atoms with Crippen molar-refractivity contribution in [2.24, 2.45) is 11.8 Å². The van der Waals surface area contributed by atoms with Gasteiger partial charge >= 0.3 is 6.09 Å². The third kappa shape index (κ3) is 7.67. The molecule has 3 saturated carbocycles. The SMILES string of the molecule is C=CC1CC1(NC(=O)[C@@H]1C[C@@H](Oc2c3ccc(OC)cc3nc3c2oc2cc(C)c(C)cc23)CN1C(=O)[C@@H](NC(=O)OC1CCCC1)C(C)C)C(=O)NS(=O)(=O)C1CC1. The molecule has 314 valence electrons. The average molecular weight is 830 g/mol. The van der Waals surface area contributed by atoms with Crippen LogP contribution in [-0.4, -0.2) is 90.9 Å². The maximum absolute atomic E-state index is 14.7. The number of alkyl carbamates (subject to hydrolysis) is 1. The summed E-state index contributed by atoms with van der Waals surface area (Å²) in [5.41, 5.74) is 2.68. The van der Waals surface area contributed by atoms with E-state index in [4.69, 9.17) is 23.6 Å². The lowest BCUT2D eigenvalue weighted by atomic mass is 10.0. The molecule has 4 aliphatic rings. The van der Waals surface area contributed by atoms with Crippen LogP contribution in [0.25, 0.3) is 33.0 Å². The van der Waals surface area contributed by atoms with Crippen molar-refractivity contribution < 1.29 is 46.2 Å². The molecule has 16 heteroatoms. The second kappa shape index (κ2) is 15.3. The molecule has 2 unspecified atom stereocenters. The summed E-state index contributed by atoms with van der Waals surface area (Å²) < 4.78 is 52.3. The van der Waals surface area contributed by atoms with Crippen LogP contribution in [0, 0.1) is 25.7 Å². The number of fused-ring (bicyclic) bond motifs is 4. The number of carbonyl (C=O) groups is 4. The third-order valence-electron chi connectivity index (χ3n) is 12.3. The molecule has 15 nitrogen and oxygen atoms in total. The number of benzene rings is 2. The summed E-state index contributed by atoms with van der Waals surface area (Å²) in [6, 6.07) is 7.12. The molecule has 3 heterocycles. The molecule has 4 aromatic rings. The largest absolute Gasteiger partial charge is 0.497 e. The maximum Gasteiger partial charge on any atom is 0.408 e. The quantitative estimate of drug-likeness (QED) is 0.145.